The van der Waals surface area contributed by atoms with Crippen molar-refractivity contribution < 1.29 is 4.74 Å². The van der Waals surface area contributed by atoms with Crippen molar-refractivity contribution in [3.8, 4) is 5.75 Å². The Labute approximate surface area is 102 Å². The Morgan fingerprint density at radius 1 is 1.31 bits per heavy atom. The minimum absolute atomic E-state index is 0.679. The van der Waals surface area contributed by atoms with Gasteiger partial charge in [0.05, 0.1) is 0 Å². The van der Waals surface area contributed by atoms with Gasteiger partial charge in [-0.2, -0.15) is 0 Å². The van der Waals surface area contributed by atoms with E-state index in [0.717, 1.165) is 37.9 Å². The van der Waals surface area contributed by atoms with Crippen LogP contribution >= 0.6 is 11.6 Å². The molecule has 1 heterocycles. The van der Waals surface area contributed by atoms with Gasteiger partial charge >= 0.3 is 0 Å². The van der Waals surface area contributed by atoms with E-state index >= 15 is 0 Å². The predicted octanol–water partition coefficient (Wildman–Crippen LogP) is 2.63. The van der Waals surface area contributed by atoms with E-state index in [4.69, 9.17) is 16.3 Å². The lowest BCUT2D eigenvalue weighted by Crippen LogP contribution is -2.26. The van der Waals surface area contributed by atoms with Crippen LogP contribution in [0.1, 0.15) is 6.42 Å². The quantitative estimate of drug-likeness (QED) is 0.733. The number of halogens is 1. The van der Waals surface area contributed by atoms with E-state index in [1.165, 1.54) is 6.42 Å². The van der Waals surface area contributed by atoms with E-state index in [-0.39, 0.29) is 0 Å². The summed E-state index contributed by atoms with van der Waals surface area (Å²) in [5.41, 5.74) is 0. The largest absolute Gasteiger partial charge is 0.492 e. The molecule has 1 aliphatic heterocycles. The van der Waals surface area contributed by atoms with Gasteiger partial charge in [0.1, 0.15) is 12.4 Å². The van der Waals surface area contributed by atoms with Crippen LogP contribution in [-0.2, 0) is 0 Å². The second kappa shape index (κ2) is 6.12. The molecule has 0 bridgehead atoms. The zero-order valence-corrected chi connectivity index (χ0v) is 10.2. The van der Waals surface area contributed by atoms with Crippen LogP contribution in [0, 0.1) is 5.92 Å². The van der Waals surface area contributed by atoms with Crippen LogP contribution in [0.4, 0.5) is 0 Å². The molecule has 1 aromatic carbocycles. The lowest BCUT2D eigenvalue weighted by Gasteiger charge is -2.15. The topological polar surface area (TPSA) is 12.5 Å². The van der Waals surface area contributed by atoms with Gasteiger partial charge in [0, 0.05) is 19.0 Å². The summed E-state index contributed by atoms with van der Waals surface area (Å²) in [6, 6.07) is 9.97. The number of rotatable bonds is 5. The maximum atomic E-state index is 5.85. The summed E-state index contributed by atoms with van der Waals surface area (Å²) in [4.78, 5) is 2.43. The first-order valence-electron chi connectivity index (χ1n) is 5.84. The molecule has 0 N–H and O–H groups in total. The first-order valence-corrected chi connectivity index (χ1v) is 6.38. The van der Waals surface area contributed by atoms with Gasteiger partial charge in [0.25, 0.3) is 0 Å². The first-order chi connectivity index (χ1) is 7.88. The van der Waals surface area contributed by atoms with Gasteiger partial charge in [-0.25, -0.2) is 0 Å². The summed E-state index contributed by atoms with van der Waals surface area (Å²) in [5.74, 6) is 2.42. The number of nitrogens with zero attached hydrogens (tertiary/aromatic N) is 1. The van der Waals surface area contributed by atoms with Crippen LogP contribution in [0.25, 0.3) is 0 Å². The average molecular weight is 240 g/mol. The van der Waals surface area contributed by atoms with E-state index < -0.39 is 0 Å². The molecule has 16 heavy (non-hydrogen) atoms. The van der Waals surface area contributed by atoms with Crippen LogP contribution in [0.5, 0.6) is 5.75 Å². The first kappa shape index (κ1) is 11.7. The zero-order chi connectivity index (χ0) is 11.2. The number of benzene rings is 1. The van der Waals surface area contributed by atoms with E-state index in [1.807, 2.05) is 30.3 Å². The van der Waals surface area contributed by atoms with Crippen LogP contribution in [-0.4, -0.2) is 37.0 Å². The maximum absolute atomic E-state index is 5.85. The Balaban J connectivity index is 1.65. The summed E-state index contributed by atoms with van der Waals surface area (Å²) < 4.78 is 5.66. The minimum atomic E-state index is 0.679. The van der Waals surface area contributed by atoms with Crippen LogP contribution in [0.3, 0.4) is 0 Å². The molecule has 3 heteroatoms. The monoisotopic (exact) mass is 239 g/mol. The van der Waals surface area contributed by atoms with Crippen LogP contribution in [0.2, 0.25) is 0 Å². The van der Waals surface area contributed by atoms with Crippen LogP contribution < -0.4 is 4.74 Å². The third kappa shape index (κ3) is 3.39. The molecule has 0 aliphatic carbocycles. The van der Waals surface area contributed by atoms with Gasteiger partial charge in [-0.15, -0.1) is 11.6 Å². The fourth-order valence-electron chi connectivity index (χ4n) is 2.05. The van der Waals surface area contributed by atoms with Crippen molar-refractivity contribution >= 4 is 11.6 Å². The van der Waals surface area contributed by atoms with Gasteiger partial charge in [0.15, 0.2) is 0 Å². The SMILES string of the molecule is ClCC1CCN(CCOc2ccccc2)C1. The lowest BCUT2D eigenvalue weighted by atomic mass is 10.2. The number of ether oxygens (including phenoxy) is 1. The third-order valence-corrected chi connectivity index (χ3v) is 3.44. The molecule has 2 nitrogen and oxygen atoms in total. The normalized spacial score (nSPS) is 21.2. The van der Waals surface area contributed by atoms with Crippen LogP contribution in [0.15, 0.2) is 30.3 Å². The Morgan fingerprint density at radius 3 is 2.81 bits per heavy atom. The summed E-state index contributed by atoms with van der Waals surface area (Å²) in [6.07, 6.45) is 1.23. The van der Waals surface area contributed by atoms with Gasteiger partial charge in [-0.1, -0.05) is 18.2 Å². The lowest BCUT2D eigenvalue weighted by molar-refractivity contribution is 0.234. The molecule has 0 aromatic heterocycles. The van der Waals surface area contributed by atoms with Crippen molar-refractivity contribution in [2.75, 3.05) is 32.1 Å². The van der Waals surface area contributed by atoms with E-state index in [0.29, 0.717) is 5.92 Å². The molecule has 1 unspecified atom stereocenters. The molecule has 1 aliphatic rings. The van der Waals surface area contributed by atoms with E-state index in [2.05, 4.69) is 4.90 Å². The van der Waals surface area contributed by atoms with Crippen molar-refractivity contribution in [3.05, 3.63) is 30.3 Å². The average Bonchev–Trinajstić information content (AvgIpc) is 2.78. The summed E-state index contributed by atoms with van der Waals surface area (Å²) in [5, 5.41) is 0. The van der Waals surface area contributed by atoms with Crippen molar-refractivity contribution in [2.24, 2.45) is 5.92 Å². The van der Waals surface area contributed by atoms with Crippen molar-refractivity contribution in [2.45, 2.75) is 6.42 Å². The number of hydrogen-bond donors (Lipinski definition) is 0. The summed E-state index contributed by atoms with van der Waals surface area (Å²) >= 11 is 5.85. The fourth-order valence-corrected chi connectivity index (χ4v) is 2.30. The highest BCUT2D eigenvalue weighted by molar-refractivity contribution is 6.18. The Kier molecular flexibility index (Phi) is 4.49. The molecule has 88 valence electrons. The number of likely N-dealkylation sites (tertiary alicyclic amines) is 1. The van der Waals surface area contributed by atoms with Gasteiger partial charge in [0.2, 0.25) is 0 Å². The molecule has 0 saturated carbocycles. The molecule has 1 fully saturated rings. The third-order valence-electron chi connectivity index (χ3n) is 3.01. The second-order valence-corrected chi connectivity index (χ2v) is 4.58. The molecule has 2 rings (SSSR count). The smallest absolute Gasteiger partial charge is 0.119 e. The highest BCUT2D eigenvalue weighted by Crippen LogP contribution is 2.17. The van der Waals surface area contributed by atoms with Gasteiger partial charge < -0.3 is 4.74 Å². The number of hydrogen-bond acceptors (Lipinski definition) is 2. The molecule has 0 radical (unpaired) electrons. The van der Waals surface area contributed by atoms with Crippen molar-refractivity contribution in [1.82, 2.24) is 4.90 Å². The Hall–Kier alpha value is -0.730. The molecule has 0 spiro atoms. The van der Waals surface area contributed by atoms with E-state index in [9.17, 15) is 0 Å². The Bertz CT molecular complexity index is 304. The minimum Gasteiger partial charge on any atom is -0.492 e. The molecular weight excluding hydrogens is 222 g/mol. The van der Waals surface area contributed by atoms with E-state index in [1.54, 1.807) is 0 Å². The maximum Gasteiger partial charge on any atom is 0.119 e. The molecular formula is C13H18ClNO. The molecule has 1 saturated heterocycles. The Morgan fingerprint density at radius 2 is 2.12 bits per heavy atom. The van der Waals surface area contributed by atoms with Crippen molar-refractivity contribution in [3.63, 3.8) is 0 Å². The summed E-state index contributed by atoms with van der Waals surface area (Å²) in [7, 11) is 0. The number of para-hydroxylation sites is 1. The number of alkyl halides is 1. The zero-order valence-electron chi connectivity index (χ0n) is 9.44. The van der Waals surface area contributed by atoms with Crippen molar-refractivity contribution in [1.29, 1.82) is 0 Å². The highest BCUT2D eigenvalue weighted by Gasteiger charge is 2.20. The second-order valence-electron chi connectivity index (χ2n) is 4.27. The van der Waals surface area contributed by atoms with Gasteiger partial charge in [-0.3, -0.25) is 4.90 Å². The molecule has 1 atom stereocenters. The molecule has 0 amide bonds. The highest BCUT2D eigenvalue weighted by atomic mass is 35.5. The standard InChI is InChI=1S/C13H18ClNO/c14-10-12-6-7-15(11-12)8-9-16-13-4-2-1-3-5-13/h1-5,12H,6-11H2. The van der Waals surface area contributed by atoms with Gasteiger partial charge in [-0.05, 0) is 31.0 Å². The predicted molar refractivity (Wildman–Crippen MR) is 67.2 cm³/mol. The fraction of sp³-hybridized carbons (Fsp3) is 0.538. The molecule has 1 aromatic rings. The summed E-state index contributed by atoms with van der Waals surface area (Å²) in [6.45, 7) is 4.05.